The lowest BCUT2D eigenvalue weighted by atomic mass is 9.52. The van der Waals surface area contributed by atoms with Crippen LogP contribution in [0.2, 0.25) is 0 Å². The van der Waals surface area contributed by atoms with Gasteiger partial charge in [-0.2, -0.15) is 0 Å². The molecule has 1 aromatic carbocycles. The Bertz CT molecular complexity index is 1460. The monoisotopic (exact) mass is 631 g/mol. The summed E-state index contributed by atoms with van der Waals surface area (Å²) in [5.41, 5.74) is 0.838. The highest BCUT2D eigenvalue weighted by molar-refractivity contribution is 5.97. The molecule has 4 atom stereocenters. The first-order valence-electron chi connectivity index (χ1n) is 17.6. The third-order valence-corrected chi connectivity index (χ3v) is 12.3. The first kappa shape index (κ1) is 31.5. The fourth-order valence-electron chi connectivity index (χ4n) is 10.0. The molecule has 3 heterocycles. The van der Waals surface area contributed by atoms with Gasteiger partial charge < -0.3 is 19.4 Å². The highest BCUT2D eigenvalue weighted by Gasteiger charge is 2.54. The number of halogens is 1. The number of hydrogen-bond donors (Lipinski definition) is 0. The predicted molar refractivity (Wildman–Crippen MR) is 175 cm³/mol. The summed E-state index contributed by atoms with van der Waals surface area (Å²) < 4.78 is 20.7. The van der Waals surface area contributed by atoms with Crippen LogP contribution in [0.4, 0.5) is 10.2 Å². The molecule has 2 saturated heterocycles. The summed E-state index contributed by atoms with van der Waals surface area (Å²) in [6.45, 7) is 13.2. The van der Waals surface area contributed by atoms with Crippen molar-refractivity contribution < 1.29 is 18.7 Å². The molecule has 4 saturated carbocycles. The van der Waals surface area contributed by atoms with Crippen molar-refractivity contribution in [1.29, 1.82) is 0 Å². The van der Waals surface area contributed by atoms with Gasteiger partial charge >= 0.3 is 0 Å². The van der Waals surface area contributed by atoms with Crippen LogP contribution in [-0.4, -0.2) is 76.3 Å². The van der Waals surface area contributed by atoms with E-state index in [1.165, 1.54) is 69.6 Å². The van der Waals surface area contributed by atoms with Crippen LogP contribution in [0, 0.1) is 34.4 Å². The summed E-state index contributed by atoms with van der Waals surface area (Å²) in [4.78, 5) is 41.3. The molecule has 8 nitrogen and oxygen atoms in total. The summed E-state index contributed by atoms with van der Waals surface area (Å²) >= 11 is 0. The lowest BCUT2D eigenvalue weighted by molar-refractivity contribution is -0.120. The molecule has 6 fully saturated rings. The maximum Gasteiger partial charge on any atom is 0.258 e. The van der Waals surface area contributed by atoms with E-state index in [0.29, 0.717) is 28.5 Å². The van der Waals surface area contributed by atoms with Crippen LogP contribution >= 0.6 is 0 Å². The molecule has 2 spiro atoms. The van der Waals surface area contributed by atoms with Crippen molar-refractivity contribution in [2.45, 2.75) is 97.6 Å². The number of benzene rings is 1. The van der Waals surface area contributed by atoms with Crippen molar-refractivity contribution in [3.8, 4) is 11.5 Å². The molecule has 2 unspecified atom stereocenters. The Morgan fingerprint density at radius 1 is 1.09 bits per heavy atom. The fourth-order valence-corrected chi connectivity index (χ4v) is 10.0. The van der Waals surface area contributed by atoms with E-state index >= 15 is 0 Å². The minimum Gasteiger partial charge on any atom is -0.451 e. The third-order valence-electron chi connectivity index (χ3n) is 12.3. The first-order chi connectivity index (χ1) is 22.0. The SMILES string of the molecule is CC(C)N(C(=O)c1cc(F)ccc1Oc1cncnc1N1CC2(CCN(C[C@H]3CC4CC[C@H]3CC43CCC(=O)C3)CC2)C1)C(C)C. The fraction of sp³-hybridized carbons (Fsp3) is 0.676. The van der Waals surface area contributed by atoms with Gasteiger partial charge in [-0.1, -0.05) is 0 Å². The van der Waals surface area contributed by atoms with Crippen LogP contribution in [0.25, 0.3) is 0 Å². The largest absolute Gasteiger partial charge is 0.451 e. The van der Waals surface area contributed by atoms with Crippen LogP contribution in [0.5, 0.6) is 11.5 Å². The molecule has 46 heavy (non-hydrogen) atoms. The van der Waals surface area contributed by atoms with E-state index < -0.39 is 5.82 Å². The maximum absolute atomic E-state index is 14.4. The number of ketones is 1. The lowest BCUT2D eigenvalue weighted by Crippen LogP contribution is -2.61. The van der Waals surface area contributed by atoms with E-state index in [4.69, 9.17) is 4.74 Å². The number of fused-ring (bicyclic) bond motifs is 2. The smallest absolute Gasteiger partial charge is 0.258 e. The van der Waals surface area contributed by atoms with Gasteiger partial charge in [0.05, 0.1) is 11.8 Å². The van der Waals surface area contributed by atoms with Crippen LogP contribution in [-0.2, 0) is 4.79 Å². The Morgan fingerprint density at radius 3 is 2.50 bits per heavy atom. The van der Waals surface area contributed by atoms with Gasteiger partial charge in [0.2, 0.25) is 0 Å². The number of anilines is 1. The Morgan fingerprint density at radius 2 is 1.85 bits per heavy atom. The minimum atomic E-state index is -0.478. The number of ether oxygens (including phenoxy) is 1. The Hall–Kier alpha value is -3.07. The first-order valence-corrected chi connectivity index (χ1v) is 17.6. The second-order valence-corrected chi connectivity index (χ2v) is 15.8. The number of piperidine rings is 1. The number of rotatable bonds is 8. The zero-order valence-corrected chi connectivity index (χ0v) is 28.0. The molecular formula is C37H50FN5O3. The number of amides is 1. The molecule has 9 heteroatoms. The van der Waals surface area contributed by atoms with Crippen molar-refractivity contribution >= 4 is 17.5 Å². The van der Waals surface area contributed by atoms with E-state index in [2.05, 4.69) is 19.8 Å². The quantitative estimate of drug-likeness (QED) is 0.319. The van der Waals surface area contributed by atoms with Gasteiger partial charge in [0.1, 0.15) is 23.7 Å². The van der Waals surface area contributed by atoms with Crippen LogP contribution in [0.15, 0.2) is 30.7 Å². The van der Waals surface area contributed by atoms with Crippen LogP contribution in [0.1, 0.15) is 95.8 Å². The van der Waals surface area contributed by atoms with Crippen molar-refractivity contribution in [3.05, 3.63) is 42.1 Å². The van der Waals surface area contributed by atoms with Crippen molar-refractivity contribution in [2.75, 3.05) is 37.6 Å². The standard InChI is InChI=1S/C37H50FN5O3/c1-24(2)43(25(3)4)35(45)31-16-29(38)7-8-32(31)46-33-19-39-23-40-34(33)42-21-36(22-42)11-13-41(14-12-36)20-27-15-28-6-5-26(27)17-37(28)10-9-30(44)18-37/h7-8,16,19,23-28H,5-6,9-15,17-18,20-22H2,1-4H3/t26-,27+,28?,37?/m0/s1. The summed E-state index contributed by atoms with van der Waals surface area (Å²) in [7, 11) is 0. The minimum absolute atomic E-state index is 0.0447. The second-order valence-electron chi connectivity index (χ2n) is 15.8. The average molecular weight is 632 g/mol. The zero-order valence-electron chi connectivity index (χ0n) is 28.0. The lowest BCUT2D eigenvalue weighted by Gasteiger charge is -2.56. The average Bonchev–Trinajstić information content (AvgIpc) is 3.37. The van der Waals surface area contributed by atoms with Crippen LogP contribution in [0.3, 0.4) is 0 Å². The molecule has 6 aliphatic rings. The van der Waals surface area contributed by atoms with Gasteiger partial charge in [-0.15, -0.1) is 0 Å². The molecule has 248 valence electrons. The molecule has 2 bridgehead atoms. The van der Waals surface area contributed by atoms with Crippen molar-refractivity contribution in [3.63, 3.8) is 0 Å². The molecular weight excluding hydrogens is 581 g/mol. The van der Waals surface area contributed by atoms with E-state index in [9.17, 15) is 14.0 Å². The molecule has 8 rings (SSSR count). The molecule has 2 aromatic rings. The Labute approximate surface area is 273 Å². The van der Waals surface area contributed by atoms with E-state index in [-0.39, 0.29) is 29.0 Å². The third kappa shape index (κ3) is 5.82. The van der Waals surface area contributed by atoms with Crippen molar-refractivity contribution in [1.82, 2.24) is 19.8 Å². The molecule has 0 N–H and O–H groups in total. The zero-order chi connectivity index (χ0) is 32.2. The molecule has 1 aromatic heterocycles. The summed E-state index contributed by atoms with van der Waals surface area (Å²) in [6, 6.07) is 4.02. The number of likely N-dealkylation sites (tertiary alicyclic amines) is 1. The molecule has 2 aliphatic heterocycles. The highest BCUT2D eigenvalue weighted by atomic mass is 19.1. The van der Waals surface area contributed by atoms with Gasteiger partial charge in [-0.3, -0.25) is 9.59 Å². The van der Waals surface area contributed by atoms with Gasteiger partial charge in [0.15, 0.2) is 11.6 Å². The maximum atomic E-state index is 14.4. The normalized spacial score (nSPS) is 28.8. The van der Waals surface area contributed by atoms with E-state index in [1.54, 1.807) is 11.1 Å². The number of hydrogen-bond acceptors (Lipinski definition) is 7. The van der Waals surface area contributed by atoms with Gasteiger partial charge in [-0.05, 0) is 127 Å². The summed E-state index contributed by atoms with van der Waals surface area (Å²) in [5, 5.41) is 0. The highest BCUT2D eigenvalue weighted by Crippen LogP contribution is 2.61. The topological polar surface area (TPSA) is 78.9 Å². The van der Waals surface area contributed by atoms with Gasteiger partial charge in [-0.25, -0.2) is 14.4 Å². The summed E-state index contributed by atoms with van der Waals surface area (Å²) in [6.07, 6.45) is 13.7. The van der Waals surface area contributed by atoms with Crippen molar-refractivity contribution in [2.24, 2.45) is 28.6 Å². The van der Waals surface area contributed by atoms with E-state index in [0.717, 1.165) is 63.2 Å². The molecule has 4 aliphatic carbocycles. The number of Topliss-reactive ketones (excluding diaryl/α,β-unsaturated/α-hetero) is 1. The van der Waals surface area contributed by atoms with E-state index in [1.807, 2.05) is 27.7 Å². The number of aromatic nitrogens is 2. The Balaban J connectivity index is 0.970. The number of carbonyl (C=O) groups excluding carboxylic acids is 2. The predicted octanol–water partition coefficient (Wildman–Crippen LogP) is 6.74. The summed E-state index contributed by atoms with van der Waals surface area (Å²) in [5.74, 6) is 3.63. The molecule has 1 amide bonds. The van der Waals surface area contributed by atoms with Gasteiger partial charge in [0.25, 0.3) is 5.91 Å². The van der Waals surface area contributed by atoms with Crippen LogP contribution < -0.4 is 9.64 Å². The number of nitrogens with zero attached hydrogens (tertiary/aromatic N) is 5. The molecule has 0 radical (unpaired) electrons. The Kier molecular flexibility index (Phi) is 8.35. The van der Waals surface area contributed by atoms with Gasteiger partial charge in [0, 0.05) is 50.0 Å². The second kappa shape index (κ2) is 12.2. The number of carbonyl (C=O) groups is 2.